The summed E-state index contributed by atoms with van der Waals surface area (Å²) < 4.78 is 0. The summed E-state index contributed by atoms with van der Waals surface area (Å²) in [5, 5.41) is 5.42. The molecule has 0 spiro atoms. The van der Waals surface area contributed by atoms with Crippen molar-refractivity contribution < 1.29 is 4.79 Å². The van der Waals surface area contributed by atoms with Gasteiger partial charge in [0.25, 0.3) is 0 Å². The molecule has 0 aliphatic rings. The number of hydrogen-bond acceptors (Lipinski definition) is 3. The molecule has 98 valence electrons. The molecule has 2 aromatic rings. The molecule has 0 saturated heterocycles. The summed E-state index contributed by atoms with van der Waals surface area (Å²) >= 11 is 0. The van der Waals surface area contributed by atoms with E-state index in [4.69, 9.17) is 5.73 Å². The minimum atomic E-state index is -0.281. The van der Waals surface area contributed by atoms with Crippen molar-refractivity contribution in [3.05, 3.63) is 59.8 Å². The first kappa shape index (κ1) is 13.0. The van der Waals surface area contributed by atoms with Gasteiger partial charge in [-0.15, -0.1) is 0 Å². The van der Waals surface area contributed by atoms with E-state index in [1.54, 1.807) is 18.3 Å². The lowest BCUT2D eigenvalue weighted by Crippen LogP contribution is -2.28. The number of hydrogen-bond donors (Lipinski definition) is 3. The van der Waals surface area contributed by atoms with Gasteiger partial charge in [-0.2, -0.15) is 0 Å². The molecule has 5 heteroatoms. The Hall–Kier alpha value is -2.40. The van der Waals surface area contributed by atoms with Crippen LogP contribution in [-0.4, -0.2) is 11.0 Å². The van der Waals surface area contributed by atoms with E-state index in [1.165, 1.54) is 0 Å². The maximum atomic E-state index is 11.7. The predicted molar refractivity (Wildman–Crippen MR) is 74.4 cm³/mol. The molecule has 1 aromatic carbocycles. The SMILES string of the molecule is NCc1cccc(CNC(=O)Nc2ccccn2)c1. The maximum Gasteiger partial charge on any atom is 0.320 e. The van der Waals surface area contributed by atoms with Crippen LogP contribution in [0.1, 0.15) is 11.1 Å². The van der Waals surface area contributed by atoms with Gasteiger partial charge in [-0.3, -0.25) is 5.32 Å². The van der Waals surface area contributed by atoms with Crippen LogP contribution in [0.2, 0.25) is 0 Å². The van der Waals surface area contributed by atoms with Gasteiger partial charge in [0.1, 0.15) is 5.82 Å². The topological polar surface area (TPSA) is 80.0 Å². The molecule has 0 radical (unpaired) electrons. The van der Waals surface area contributed by atoms with Crippen LogP contribution < -0.4 is 16.4 Å². The van der Waals surface area contributed by atoms with Gasteiger partial charge in [0.2, 0.25) is 0 Å². The second kappa shape index (κ2) is 6.51. The normalized spacial score (nSPS) is 9.95. The van der Waals surface area contributed by atoms with Crippen molar-refractivity contribution in [3.8, 4) is 0 Å². The van der Waals surface area contributed by atoms with Crippen LogP contribution in [0.3, 0.4) is 0 Å². The highest BCUT2D eigenvalue weighted by Gasteiger charge is 2.02. The zero-order chi connectivity index (χ0) is 13.5. The van der Waals surface area contributed by atoms with Crippen molar-refractivity contribution in [1.82, 2.24) is 10.3 Å². The number of rotatable bonds is 4. The van der Waals surface area contributed by atoms with Gasteiger partial charge in [-0.25, -0.2) is 9.78 Å². The van der Waals surface area contributed by atoms with E-state index in [-0.39, 0.29) is 6.03 Å². The quantitative estimate of drug-likeness (QED) is 0.781. The molecule has 0 atom stereocenters. The predicted octanol–water partition coefficient (Wildman–Crippen LogP) is 1.86. The van der Waals surface area contributed by atoms with Crippen molar-refractivity contribution in [2.45, 2.75) is 13.1 Å². The van der Waals surface area contributed by atoms with E-state index in [0.717, 1.165) is 11.1 Å². The molecule has 1 heterocycles. The van der Waals surface area contributed by atoms with Crippen LogP contribution in [0.15, 0.2) is 48.7 Å². The van der Waals surface area contributed by atoms with Gasteiger partial charge in [0.05, 0.1) is 0 Å². The summed E-state index contributed by atoms with van der Waals surface area (Å²) in [7, 11) is 0. The molecular formula is C14H16N4O. The molecule has 4 N–H and O–H groups in total. The smallest absolute Gasteiger partial charge is 0.320 e. The third kappa shape index (κ3) is 4.08. The van der Waals surface area contributed by atoms with Crippen molar-refractivity contribution in [2.24, 2.45) is 5.73 Å². The van der Waals surface area contributed by atoms with Crippen LogP contribution in [0.25, 0.3) is 0 Å². The van der Waals surface area contributed by atoms with E-state index in [2.05, 4.69) is 15.6 Å². The first-order valence-corrected chi connectivity index (χ1v) is 6.01. The fourth-order valence-electron chi connectivity index (χ4n) is 1.65. The number of anilines is 1. The molecule has 2 rings (SSSR count). The largest absolute Gasteiger partial charge is 0.334 e. The minimum Gasteiger partial charge on any atom is -0.334 e. The van der Waals surface area contributed by atoms with Crippen LogP contribution in [-0.2, 0) is 13.1 Å². The minimum absolute atomic E-state index is 0.281. The van der Waals surface area contributed by atoms with Gasteiger partial charge < -0.3 is 11.1 Å². The Balaban J connectivity index is 1.86. The highest BCUT2D eigenvalue weighted by molar-refractivity contribution is 5.88. The summed E-state index contributed by atoms with van der Waals surface area (Å²) in [6.45, 7) is 0.945. The summed E-state index contributed by atoms with van der Waals surface area (Å²) in [6.07, 6.45) is 1.63. The van der Waals surface area contributed by atoms with Crippen LogP contribution in [0.4, 0.5) is 10.6 Å². The molecule has 19 heavy (non-hydrogen) atoms. The number of benzene rings is 1. The van der Waals surface area contributed by atoms with Gasteiger partial charge in [0.15, 0.2) is 0 Å². The fraction of sp³-hybridized carbons (Fsp3) is 0.143. The molecule has 5 nitrogen and oxygen atoms in total. The summed E-state index contributed by atoms with van der Waals surface area (Å²) in [4.78, 5) is 15.7. The Bertz CT molecular complexity index is 542. The van der Waals surface area contributed by atoms with Gasteiger partial charge >= 0.3 is 6.03 Å². The molecule has 0 aliphatic carbocycles. The van der Waals surface area contributed by atoms with Crippen molar-refractivity contribution >= 4 is 11.8 Å². The Labute approximate surface area is 111 Å². The second-order valence-electron chi connectivity index (χ2n) is 4.05. The van der Waals surface area contributed by atoms with E-state index >= 15 is 0 Å². The number of nitrogens with two attached hydrogens (primary N) is 1. The highest BCUT2D eigenvalue weighted by atomic mass is 16.2. The van der Waals surface area contributed by atoms with Crippen LogP contribution in [0.5, 0.6) is 0 Å². The number of amides is 2. The Morgan fingerprint density at radius 1 is 1.16 bits per heavy atom. The Morgan fingerprint density at radius 3 is 2.74 bits per heavy atom. The number of aromatic nitrogens is 1. The zero-order valence-electron chi connectivity index (χ0n) is 10.5. The summed E-state index contributed by atoms with van der Waals surface area (Å²) in [6, 6.07) is 12.9. The molecule has 1 aromatic heterocycles. The maximum absolute atomic E-state index is 11.7. The Morgan fingerprint density at radius 2 is 2.00 bits per heavy atom. The van der Waals surface area contributed by atoms with E-state index in [1.807, 2.05) is 30.3 Å². The third-order valence-electron chi connectivity index (χ3n) is 2.59. The van der Waals surface area contributed by atoms with E-state index in [9.17, 15) is 4.79 Å². The molecule has 2 amide bonds. The van der Waals surface area contributed by atoms with Gasteiger partial charge in [-0.05, 0) is 23.3 Å². The standard InChI is InChI=1S/C14H16N4O/c15-9-11-4-3-5-12(8-11)10-17-14(19)18-13-6-1-2-7-16-13/h1-8H,9-10,15H2,(H2,16,17,18,19). The summed E-state index contributed by atoms with van der Waals surface area (Å²) in [5.41, 5.74) is 7.63. The van der Waals surface area contributed by atoms with Crippen molar-refractivity contribution in [2.75, 3.05) is 5.32 Å². The molecule has 0 bridgehead atoms. The van der Waals surface area contributed by atoms with Gasteiger partial charge in [-0.1, -0.05) is 30.3 Å². The fourth-order valence-corrected chi connectivity index (χ4v) is 1.65. The van der Waals surface area contributed by atoms with Crippen molar-refractivity contribution in [1.29, 1.82) is 0 Å². The second-order valence-corrected chi connectivity index (χ2v) is 4.05. The zero-order valence-corrected chi connectivity index (χ0v) is 10.5. The first-order chi connectivity index (χ1) is 9.28. The number of nitrogens with zero attached hydrogens (tertiary/aromatic N) is 1. The monoisotopic (exact) mass is 256 g/mol. The average Bonchev–Trinajstić information content (AvgIpc) is 2.46. The summed E-state index contributed by atoms with van der Waals surface area (Å²) in [5.74, 6) is 0.524. The number of nitrogens with one attached hydrogen (secondary N) is 2. The highest BCUT2D eigenvalue weighted by Crippen LogP contribution is 2.04. The van der Waals surface area contributed by atoms with Crippen molar-refractivity contribution in [3.63, 3.8) is 0 Å². The third-order valence-corrected chi connectivity index (χ3v) is 2.59. The van der Waals surface area contributed by atoms with E-state index < -0.39 is 0 Å². The number of carbonyl (C=O) groups is 1. The molecule has 0 unspecified atom stereocenters. The van der Waals surface area contributed by atoms with E-state index in [0.29, 0.717) is 18.9 Å². The lowest BCUT2D eigenvalue weighted by Gasteiger charge is -2.07. The first-order valence-electron chi connectivity index (χ1n) is 6.01. The van der Waals surface area contributed by atoms with Gasteiger partial charge in [0, 0.05) is 19.3 Å². The molecule has 0 saturated carbocycles. The number of pyridine rings is 1. The number of urea groups is 1. The lowest BCUT2D eigenvalue weighted by molar-refractivity contribution is 0.251. The average molecular weight is 256 g/mol. The molecule has 0 fully saturated rings. The Kier molecular flexibility index (Phi) is 4.47. The van der Waals surface area contributed by atoms with Crippen LogP contribution >= 0.6 is 0 Å². The van der Waals surface area contributed by atoms with Crippen LogP contribution in [0, 0.1) is 0 Å². The number of carbonyl (C=O) groups excluding carboxylic acids is 1. The molecule has 0 aliphatic heterocycles. The molecular weight excluding hydrogens is 240 g/mol. The lowest BCUT2D eigenvalue weighted by atomic mass is 10.1.